The van der Waals surface area contributed by atoms with E-state index in [1.165, 1.54) is 5.56 Å². The Balaban J connectivity index is 2.00. The fourth-order valence-electron chi connectivity index (χ4n) is 3.16. The average molecular weight is 288 g/mol. The molecule has 1 aliphatic heterocycles. The minimum absolute atomic E-state index is 0.539. The third-order valence-electron chi connectivity index (χ3n) is 4.30. The van der Waals surface area contributed by atoms with E-state index in [0.717, 1.165) is 46.4 Å². The first-order valence-electron chi connectivity index (χ1n) is 7.44. The van der Waals surface area contributed by atoms with Crippen molar-refractivity contribution in [2.24, 2.45) is 0 Å². The molecule has 1 aliphatic carbocycles. The van der Waals surface area contributed by atoms with Gasteiger partial charge in [-0.1, -0.05) is 18.2 Å². The highest BCUT2D eigenvalue weighted by Gasteiger charge is 2.18. The first kappa shape index (κ1) is 13.0. The predicted molar refractivity (Wildman–Crippen MR) is 89.5 cm³/mol. The standard InChI is InChI=1S/C19H16N2O/c1-12(14-4-2-3-5-16(14)20)15-6-7-17-18-13(9-11-22-17)8-10-21-19(15)18/h2-8,10,20H,9,11H2,1H3/b14-12+,20-16?. The van der Waals surface area contributed by atoms with E-state index in [1.807, 2.05) is 36.6 Å². The summed E-state index contributed by atoms with van der Waals surface area (Å²) >= 11 is 0. The van der Waals surface area contributed by atoms with Crippen molar-refractivity contribution in [3.63, 3.8) is 0 Å². The maximum atomic E-state index is 8.12. The van der Waals surface area contributed by atoms with E-state index in [1.54, 1.807) is 0 Å². The van der Waals surface area contributed by atoms with Crippen molar-refractivity contribution in [3.8, 4) is 5.75 Å². The molecule has 2 aliphatic rings. The van der Waals surface area contributed by atoms with Crippen LogP contribution in [0.3, 0.4) is 0 Å². The minimum Gasteiger partial charge on any atom is -0.493 e. The summed E-state index contributed by atoms with van der Waals surface area (Å²) in [4.78, 5) is 4.60. The Morgan fingerprint density at radius 3 is 2.91 bits per heavy atom. The summed E-state index contributed by atoms with van der Waals surface area (Å²) in [6.07, 6.45) is 10.5. The summed E-state index contributed by atoms with van der Waals surface area (Å²) in [5.41, 5.74) is 5.90. The lowest BCUT2D eigenvalue weighted by atomic mass is 9.92. The van der Waals surface area contributed by atoms with E-state index < -0.39 is 0 Å². The van der Waals surface area contributed by atoms with Gasteiger partial charge in [0, 0.05) is 29.1 Å². The van der Waals surface area contributed by atoms with E-state index in [2.05, 4.69) is 24.0 Å². The van der Waals surface area contributed by atoms with Crippen LogP contribution >= 0.6 is 0 Å². The number of benzene rings is 1. The third-order valence-corrected chi connectivity index (χ3v) is 4.30. The second-order valence-corrected chi connectivity index (χ2v) is 5.57. The average Bonchev–Trinajstić information content (AvgIpc) is 2.56. The van der Waals surface area contributed by atoms with Gasteiger partial charge in [0.25, 0.3) is 0 Å². The topological polar surface area (TPSA) is 46.0 Å². The third kappa shape index (κ3) is 1.90. The van der Waals surface area contributed by atoms with E-state index in [0.29, 0.717) is 5.71 Å². The maximum absolute atomic E-state index is 8.12. The molecule has 3 heteroatoms. The second-order valence-electron chi connectivity index (χ2n) is 5.57. The van der Waals surface area contributed by atoms with Gasteiger partial charge in [-0.25, -0.2) is 0 Å². The minimum atomic E-state index is 0.539. The lowest BCUT2D eigenvalue weighted by molar-refractivity contribution is 0.318. The molecule has 0 atom stereocenters. The van der Waals surface area contributed by atoms with Crippen molar-refractivity contribution >= 4 is 22.2 Å². The lowest BCUT2D eigenvalue weighted by Gasteiger charge is -2.20. The molecule has 0 saturated carbocycles. The molecule has 1 aromatic heterocycles. The summed E-state index contributed by atoms with van der Waals surface area (Å²) in [5.74, 6) is 0.917. The monoisotopic (exact) mass is 288 g/mol. The SMILES string of the molecule is C/C(=C1/C=CC=CC1=N)c1ccc2c3c(ccnc13)CCO2. The molecule has 2 heterocycles. The summed E-state index contributed by atoms with van der Waals surface area (Å²) in [5, 5.41) is 9.24. The van der Waals surface area contributed by atoms with Gasteiger partial charge in [-0.3, -0.25) is 4.98 Å². The number of allylic oxidation sites excluding steroid dienone is 6. The maximum Gasteiger partial charge on any atom is 0.129 e. The summed E-state index contributed by atoms with van der Waals surface area (Å²) in [6, 6.07) is 6.16. The van der Waals surface area contributed by atoms with Gasteiger partial charge in [-0.2, -0.15) is 0 Å². The largest absolute Gasteiger partial charge is 0.493 e. The Labute approximate surface area is 129 Å². The number of aromatic nitrogens is 1. The molecule has 0 amide bonds. The number of ether oxygens (including phenoxy) is 1. The Bertz CT molecular complexity index is 877. The molecular formula is C19H16N2O. The molecule has 1 aromatic carbocycles. The van der Waals surface area contributed by atoms with Gasteiger partial charge < -0.3 is 10.1 Å². The van der Waals surface area contributed by atoms with Crippen LogP contribution < -0.4 is 4.74 Å². The quantitative estimate of drug-likeness (QED) is 0.859. The van der Waals surface area contributed by atoms with Crippen LogP contribution in [0.25, 0.3) is 16.5 Å². The van der Waals surface area contributed by atoms with E-state index in [-0.39, 0.29) is 0 Å². The van der Waals surface area contributed by atoms with Gasteiger partial charge in [0.1, 0.15) is 5.75 Å². The predicted octanol–water partition coefficient (Wildman–Crippen LogP) is 4.09. The van der Waals surface area contributed by atoms with Gasteiger partial charge in [0.2, 0.25) is 0 Å². The Morgan fingerprint density at radius 1 is 1.18 bits per heavy atom. The zero-order chi connectivity index (χ0) is 15.1. The molecule has 3 nitrogen and oxygen atoms in total. The van der Waals surface area contributed by atoms with Crippen molar-refractivity contribution in [2.45, 2.75) is 13.3 Å². The summed E-state index contributed by atoms with van der Waals surface area (Å²) in [6.45, 7) is 2.78. The van der Waals surface area contributed by atoms with Gasteiger partial charge >= 0.3 is 0 Å². The van der Waals surface area contributed by atoms with Crippen molar-refractivity contribution < 1.29 is 4.74 Å². The molecular weight excluding hydrogens is 272 g/mol. The fraction of sp³-hybridized carbons (Fsp3) is 0.158. The smallest absolute Gasteiger partial charge is 0.129 e. The van der Waals surface area contributed by atoms with Crippen molar-refractivity contribution in [1.82, 2.24) is 4.98 Å². The molecule has 0 fully saturated rings. The number of hydrogen-bond acceptors (Lipinski definition) is 3. The van der Waals surface area contributed by atoms with Crippen LogP contribution in [0.15, 0.2) is 54.3 Å². The van der Waals surface area contributed by atoms with Crippen LogP contribution in [0.4, 0.5) is 0 Å². The van der Waals surface area contributed by atoms with Crippen LogP contribution in [-0.4, -0.2) is 17.3 Å². The summed E-state index contributed by atoms with van der Waals surface area (Å²) < 4.78 is 5.77. The molecule has 22 heavy (non-hydrogen) atoms. The number of nitrogens with zero attached hydrogens (tertiary/aromatic N) is 1. The van der Waals surface area contributed by atoms with Gasteiger partial charge in [-0.05, 0) is 42.3 Å². The molecule has 0 unspecified atom stereocenters. The van der Waals surface area contributed by atoms with Crippen molar-refractivity contribution in [2.75, 3.05) is 6.61 Å². The van der Waals surface area contributed by atoms with Crippen molar-refractivity contribution in [3.05, 3.63) is 65.4 Å². The van der Waals surface area contributed by atoms with Gasteiger partial charge in [-0.15, -0.1) is 0 Å². The van der Waals surface area contributed by atoms with Crippen LogP contribution in [0.5, 0.6) is 5.75 Å². The highest BCUT2D eigenvalue weighted by Crippen LogP contribution is 2.36. The summed E-state index contributed by atoms with van der Waals surface area (Å²) in [7, 11) is 0. The molecule has 108 valence electrons. The normalized spacial score (nSPS) is 18.5. The number of pyridine rings is 1. The molecule has 0 saturated heterocycles. The molecule has 0 radical (unpaired) electrons. The molecule has 0 spiro atoms. The molecule has 4 rings (SSSR count). The van der Waals surface area contributed by atoms with Crippen LogP contribution in [0.2, 0.25) is 0 Å². The van der Waals surface area contributed by atoms with E-state index in [9.17, 15) is 0 Å². The highest BCUT2D eigenvalue weighted by molar-refractivity contribution is 6.15. The van der Waals surface area contributed by atoms with E-state index >= 15 is 0 Å². The molecule has 2 aromatic rings. The van der Waals surface area contributed by atoms with Gasteiger partial charge in [0.15, 0.2) is 0 Å². The number of hydrogen-bond donors (Lipinski definition) is 1. The first-order valence-corrected chi connectivity index (χ1v) is 7.44. The van der Waals surface area contributed by atoms with Crippen molar-refractivity contribution in [1.29, 1.82) is 5.41 Å². The van der Waals surface area contributed by atoms with E-state index in [4.69, 9.17) is 10.1 Å². The fourth-order valence-corrected chi connectivity index (χ4v) is 3.16. The first-order chi connectivity index (χ1) is 10.8. The second kappa shape index (κ2) is 4.95. The Hall–Kier alpha value is -2.68. The Kier molecular flexibility index (Phi) is 2.93. The van der Waals surface area contributed by atoms with Gasteiger partial charge in [0.05, 0.1) is 17.8 Å². The van der Waals surface area contributed by atoms with Crippen LogP contribution in [0, 0.1) is 5.41 Å². The zero-order valence-corrected chi connectivity index (χ0v) is 12.4. The highest BCUT2D eigenvalue weighted by atomic mass is 16.5. The van der Waals surface area contributed by atoms with Crippen LogP contribution in [0.1, 0.15) is 18.1 Å². The molecule has 0 bridgehead atoms. The zero-order valence-electron chi connectivity index (χ0n) is 12.4. The lowest BCUT2D eigenvalue weighted by Crippen LogP contribution is -2.09. The number of rotatable bonds is 1. The Morgan fingerprint density at radius 2 is 2.05 bits per heavy atom. The number of nitrogens with one attached hydrogen (secondary N) is 1. The van der Waals surface area contributed by atoms with Crippen LogP contribution in [-0.2, 0) is 6.42 Å². The molecule has 1 N–H and O–H groups in total.